The Hall–Kier alpha value is -0.0500. The van der Waals surface area contributed by atoms with Crippen LogP contribution in [0.15, 0.2) is 0 Å². The largest absolute Gasteiger partial charge is 0.229 e. The van der Waals surface area contributed by atoms with E-state index in [1.165, 1.54) is 0 Å². The SMILES string of the molecule is CC1C(C)C12CCS(=O)(=O)C2. The molecule has 2 atom stereocenters. The predicted molar refractivity (Wildman–Crippen MR) is 44.0 cm³/mol. The minimum absolute atomic E-state index is 0.207. The van der Waals surface area contributed by atoms with Gasteiger partial charge in [-0.1, -0.05) is 13.8 Å². The van der Waals surface area contributed by atoms with Crippen LogP contribution in [-0.4, -0.2) is 19.9 Å². The minimum Gasteiger partial charge on any atom is -0.229 e. The van der Waals surface area contributed by atoms with E-state index in [9.17, 15) is 8.42 Å². The van der Waals surface area contributed by atoms with Crippen molar-refractivity contribution in [3.8, 4) is 0 Å². The van der Waals surface area contributed by atoms with Crippen LogP contribution in [0.5, 0.6) is 0 Å². The number of hydrogen-bond acceptors (Lipinski definition) is 2. The van der Waals surface area contributed by atoms with Crippen molar-refractivity contribution in [1.82, 2.24) is 0 Å². The lowest BCUT2D eigenvalue weighted by Crippen LogP contribution is -2.07. The van der Waals surface area contributed by atoms with Crippen molar-refractivity contribution in [2.45, 2.75) is 20.3 Å². The molecule has 2 fully saturated rings. The molecule has 0 aromatic carbocycles. The van der Waals surface area contributed by atoms with Gasteiger partial charge in [0.25, 0.3) is 0 Å². The summed E-state index contributed by atoms with van der Waals surface area (Å²) in [6.45, 7) is 4.34. The molecule has 1 aliphatic carbocycles. The van der Waals surface area contributed by atoms with Crippen LogP contribution >= 0.6 is 0 Å². The zero-order chi connectivity index (χ0) is 8.28. The Morgan fingerprint density at radius 1 is 1.27 bits per heavy atom. The fourth-order valence-electron chi connectivity index (χ4n) is 2.57. The Bertz CT molecular complexity index is 270. The van der Waals surface area contributed by atoms with Gasteiger partial charge < -0.3 is 0 Å². The van der Waals surface area contributed by atoms with Crippen molar-refractivity contribution in [2.24, 2.45) is 17.3 Å². The lowest BCUT2D eigenvalue weighted by atomic mass is 10.0. The van der Waals surface area contributed by atoms with Crippen LogP contribution in [-0.2, 0) is 9.84 Å². The molecule has 1 spiro atoms. The lowest BCUT2D eigenvalue weighted by Gasteiger charge is -2.02. The van der Waals surface area contributed by atoms with E-state index in [2.05, 4.69) is 13.8 Å². The highest BCUT2D eigenvalue weighted by Gasteiger charge is 2.63. The highest BCUT2D eigenvalue weighted by molar-refractivity contribution is 7.91. The summed E-state index contributed by atoms with van der Waals surface area (Å²) in [7, 11) is -2.66. The second-order valence-electron chi connectivity index (χ2n) is 4.15. The van der Waals surface area contributed by atoms with E-state index in [1.54, 1.807) is 0 Å². The standard InChI is InChI=1S/C8H14O2S/c1-6-7(2)8(6)3-4-11(9,10)5-8/h6-7H,3-5H2,1-2H3. The zero-order valence-corrected chi connectivity index (χ0v) is 7.82. The van der Waals surface area contributed by atoms with Gasteiger partial charge in [-0.05, 0) is 23.7 Å². The average molecular weight is 174 g/mol. The molecule has 1 saturated heterocycles. The summed E-state index contributed by atoms with van der Waals surface area (Å²) in [5, 5.41) is 0. The molecule has 11 heavy (non-hydrogen) atoms. The normalized spacial score (nSPS) is 53.3. The molecule has 2 nitrogen and oxygen atoms in total. The van der Waals surface area contributed by atoms with E-state index in [1.807, 2.05) is 0 Å². The van der Waals surface area contributed by atoms with Gasteiger partial charge in [0.15, 0.2) is 9.84 Å². The summed E-state index contributed by atoms with van der Waals surface area (Å²) in [4.78, 5) is 0. The predicted octanol–water partition coefficient (Wildman–Crippen LogP) is 1.08. The first-order chi connectivity index (χ1) is 4.98. The van der Waals surface area contributed by atoms with Crippen LogP contribution in [0.2, 0.25) is 0 Å². The molecule has 64 valence electrons. The number of sulfone groups is 1. The van der Waals surface area contributed by atoms with Gasteiger partial charge in [0.1, 0.15) is 0 Å². The third kappa shape index (κ3) is 0.866. The van der Waals surface area contributed by atoms with Crippen LogP contribution < -0.4 is 0 Å². The van der Waals surface area contributed by atoms with Gasteiger partial charge >= 0.3 is 0 Å². The van der Waals surface area contributed by atoms with Crippen molar-refractivity contribution in [2.75, 3.05) is 11.5 Å². The summed E-state index contributed by atoms with van der Waals surface area (Å²) in [6.07, 6.45) is 0.914. The Labute approximate surface area is 67.9 Å². The van der Waals surface area contributed by atoms with Crippen molar-refractivity contribution < 1.29 is 8.42 Å². The molecule has 1 aliphatic heterocycles. The molecule has 0 bridgehead atoms. The maximum absolute atomic E-state index is 11.2. The number of rotatable bonds is 0. The second-order valence-corrected chi connectivity index (χ2v) is 6.34. The maximum Gasteiger partial charge on any atom is 0.150 e. The summed E-state index contributed by atoms with van der Waals surface area (Å²) in [5.41, 5.74) is 0.207. The van der Waals surface area contributed by atoms with Crippen LogP contribution in [0.1, 0.15) is 20.3 Å². The first-order valence-corrected chi connectivity index (χ1v) is 6.00. The first kappa shape index (κ1) is 7.59. The Morgan fingerprint density at radius 3 is 2.00 bits per heavy atom. The third-order valence-corrected chi connectivity index (χ3v) is 5.63. The average Bonchev–Trinajstić information content (AvgIpc) is 2.26. The summed E-state index contributed by atoms with van der Waals surface area (Å²) >= 11 is 0. The zero-order valence-electron chi connectivity index (χ0n) is 7.00. The summed E-state index contributed by atoms with van der Waals surface area (Å²) in [5.74, 6) is 2.17. The molecule has 1 heterocycles. The molecule has 3 heteroatoms. The van der Waals surface area contributed by atoms with Crippen LogP contribution in [0, 0.1) is 17.3 Å². The second kappa shape index (κ2) is 1.82. The van der Waals surface area contributed by atoms with E-state index < -0.39 is 9.84 Å². The van der Waals surface area contributed by atoms with Gasteiger partial charge in [-0.25, -0.2) is 8.42 Å². The van der Waals surface area contributed by atoms with Crippen LogP contribution in [0.4, 0.5) is 0 Å². The Kier molecular flexibility index (Phi) is 1.25. The van der Waals surface area contributed by atoms with E-state index in [4.69, 9.17) is 0 Å². The Balaban J connectivity index is 2.25. The Morgan fingerprint density at radius 2 is 1.82 bits per heavy atom. The third-order valence-electron chi connectivity index (χ3n) is 3.82. The topological polar surface area (TPSA) is 34.1 Å². The van der Waals surface area contributed by atoms with Gasteiger partial charge in [-0.2, -0.15) is 0 Å². The van der Waals surface area contributed by atoms with Crippen molar-refractivity contribution >= 4 is 9.84 Å². The molecule has 2 unspecified atom stereocenters. The van der Waals surface area contributed by atoms with E-state index in [-0.39, 0.29) is 5.41 Å². The van der Waals surface area contributed by atoms with E-state index in [0.29, 0.717) is 23.3 Å². The molecule has 0 radical (unpaired) electrons. The molecule has 2 aliphatic rings. The molecular formula is C8H14O2S. The molecule has 0 N–H and O–H groups in total. The molecule has 2 rings (SSSR count). The summed E-state index contributed by atoms with van der Waals surface area (Å²) < 4.78 is 22.4. The van der Waals surface area contributed by atoms with Crippen LogP contribution in [0.25, 0.3) is 0 Å². The smallest absolute Gasteiger partial charge is 0.150 e. The maximum atomic E-state index is 11.2. The monoisotopic (exact) mass is 174 g/mol. The van der Waals surface area contributed by atoms with Crippen LogP contribution in [0.3, 0.4) is 0 Å². The minimum atomic E-state index is -2.66. The number of hydrogen-bond donors (Lipinski definition) is 0. The molecule has 0 aromatic rings. The molecule has 0 aromatic heterocycles. The lowest BCUT2D eigenvalue weighted by molar-refractivity contribution is 0.508. The van der Waals surface area contributed by atoms with Gasteiger partial charge in [0.2, 0.25) is 0 Å². The van der Waals surface area contributed by atoms with Crippen molar-refractivity contribution in [3.05, 3.63) is 0 Å². The van der Waals surface area contributed by atoms with Crippen molar-refractivity contribution in [1.29, 1.82) is 0 Å². The molecular weight excluding hydrogens is 160 g/mol. The highest BCUT2D eigenvalue weighted by Crippen LogP contribution is 2.63. The fourth-order valence-corrected chi connectivity index (χ4v) is 4.89. The molecule has 1 saturated carbocycles. The van der Waals surface area contributed by atoms with E-state index in [0.717, 1.165) is 6.42 Å². The first-order valence-electron chi connectivity index (χ1n) is 4.18. The fraction of sp³-hybridized carbons (Fsp3) is 1.00. The van der Waals surface area contributed by atoms with Gasteiger partial charge in [0.05, 0.1) is 11.5 Å². The highest BCUT2D eigenvalue weighted by atomic mass is 32.2. The van der Waals surface area contributed by atoms with E-state index >= 15 is 0 Å². The summed E-state index contributed by atoms with van der Waals surface area (Å²) in [6, 6.07) is 0. The molecule has 0 amide bonds. The van der Waals surface area contributed by atoms with Gasteiger partial charge in [-0.15, -0.1) is 0 Å². The quantitative estimate of drug-likeness (QED) is 0.550. The van der Waals surface area contributed by atoms with Crippen molar-refractivity contribution in [3.63, 3.8) is 0 Å². The van der Waals surface area contributed by atoms with Gasteiger partial charge in [-0.3, -0.25) is 0 Å². The van der Waals surface area contributed by atoms with Gasteiger partial charge in [0, 0.05) is 0 Å².